The minimum atomic E-state index is 0.0217. The molecular weight excluding hydrogens is 366 g/mol. The number of hydrogen-bond acceptors (Lipinski definition) is 4. The summed E-state index contributed by atoms with van der Waals surface area (Å²) in [5, 5.41) is 0. The minimum absolute atomic E-state index is 0.0217. The van der Waals surface area contributed by atoms with Crippen LogP contribution in [0.1, 0.15) is 31.1 Å². The van der Waals surface area contributed by atoms with Crippen LogP contribution in [-0.2, 0) is 22.6 Å². The molecule has 4 rings (SSSR count). The van der Waals surface area contributed by atoms with Gasteiger partial charge in [-0.25, -0.2) is 0 Å². The number of carbonyl (C=O) groups excluding carboxylic acids is 1. The highest BCUT2D eigenvalue weighted by Gasteiger charge is 2.29. The standard InChI is InChI=1S/C23H31N3O3/c1-18(2)23-21-4-3-9-24(21)10-11-26(23)16-19-5-7-20(8-6-19)29-17-22(27)25-12-14-28-15-13-25/h3-9,18,23H,10-17H2,1-2H3/t23-/m0/s1. The van der Waals surface area contributed by atoms with Crippen LogP contribution in [0.5, 0.6) is 5.75 Å². The van der Waals surface area contributed by atoms with Crippen molar-refractivity contribution in [2.45, 2.75) is 33.0 Å². The molecule has 0 saturated carbocycles. The molecule has 156 valence electrons. The van der Waals surface area contributed by atoms with E-state index in [1.807, 2.05) is 12.1 Å². The molecule has 0 bridgehead atoms. The van der Waals surface area contributed by atoms with Gasteiger partial charge >= 0.3 is 0 Å². The van der Waals surface area contributed by atoms with Crippen molar-refractivity contribution in [1.82, 2.24) is 14.4 Å². The zero-order valence-corrected chi connectivity index (χ0v) is 17.4. The number of rotatable bonds is 6. The molecule has 1 aromatic heterocycles. The molecule has 2 aliphatic rings. The summed E-state index contributed by atoms with van der Waals surface area (Å²) in [4.78, 5) is 16.6. The van der Waals surface area contributed by atoms with Crippen molar-refractivity contribution >= 4 is 5.91 Å². The highest BCUT2D eigenvalue weighted by atomic mass is 16.5. The average molecular weight is 398 g/mol. The molecule has 29 heavy (non-hydrogen) atoms. The molecule has 2 aromatic rings. The molecule has 1 amide bonds. The number of nitrogens with zero attached hydrogens (tertiary/aromatic N) is 3. The first kappa shape index (κ1) is 20.0. The van der Waals surface area contributed by atoms with Crippen LogP contribution in [0.4, 0.5) is 0 Å². The van der Waals surface area contributed by atoms with E-state index >= 15 is 0 Å². The molecule has 0 spiro atoms. The third-order valence-electron chi connectivity index (χ3n) is 5.86. The van der Waals surface area contributed by atoms with Crippen LogP contribution in [0.2, 0.25) is 0 Å². The van der Waals surface area contributed by atoms with Gasteiger partial charge in [0, 0.05) is 44.6 Å². The molecule has 3 heterocycles. The van der Waals surface area contributed by atoms with Gasteiger partial charge in [-0.15, -0.1) is 0 Å². The van der Waals surface area contributed by atoms with E-state index in [4.69, 9.17) is 9.47 Å². The van der Waals surface area contributed by atoms with Crippen molar-refractivity contribution in [3.8, 4) is 5.75 Å². The topological polar surface area (TPSA) is 46.9 Å². The first-order valence-corrected chi connectivity index (χ1v) is 10.6. The Hall–Kier alpha value is -2.31. The van der Waals surface area contributed by atoms with Crippen molar-refractivity contribution in [3.63, 3.8) is 0 Å². The van der Waals surface area contributed by atoms with E-state index in [2.05, 4.69) is 53.8 Å². The van der Waals surface area contributed by atoms with Gasteiger partial charge in [-0.1, -0.05) is 26.0 Å². The first-order valence-electron chi connectivity index (χ1n) is 10.6. The van der Waals surface area contributed by atoms with E-state index in [1.165, 1.54) is 11.3 Å². The molecule has 6 nitrogen and oxygen atoms in total. The zero-order valence-electron chi connectivity index (χ0n) is 17.4. The fourth-order valence-electron chi connectivity index (χ4n) is 4.38. The van der Waals surface area contributed by atoms with Crippen LogP contribution in [0.15, 0.2) is 42.6 Å². The lowest BCUT2D eigenvalue weighted by molar-refractivity contribution is -0.137. The van der Waals surface area contributed by atoms with Crippen LogP contribution >= 0.6 is 0 Å². The fourth-order valence-corrected chi connectivity index (χ4v) is 4.38. The molecule has 1 saturated heterocycles. The Morgan fingerprint density at radius 2 is 1.86 bits per heavy atom. The third-order valence-corrected chi connectivity index (χ3v) is 5.86. The second-order valence-corrected chi connectivity index (χ2v) is 8.21. The van der Waals surface area contributed by atoms with Gasteiger partial charge in [0.05, 0.1) is 19.3 Å². The summed E-state index contributed by atoms with van der Waals surface area (Å²) >= 11 is 0. The van der Waals surface area contributed by atoms with Crippen molar-refractivity contribution in [1.29, 1.82) is 0 Å². The number of ether oxygens (including phenoxy) is 2. The number of benzene rings is 1. The van der Waals surface area contributed by atoms with Gasteiger partial charge in [0.1, 0.15) is 5.75 Å². The quantitative estimate of drug-likeness (QED) is 0.752. The third kappa shape index (κ3) is 4.65. The number of fused-ring (bicyclic) bond motifs is 1. The fraction of sp³-hybridized carbons (Fsp3) is 0.522. The Kier molecular flexibility index (Phi) is 6.21. The SMILES string of the molecule is CC(C)[C@H]1c2cccn2CCN1Cc1ccc(OCC(=O)N2CCOCC2)cc1. The largest absolute Gasteiger partial charge is 0.484 e. The Labute approximate surface area is 173 Å². The molecule has 1 aromatic carbocycles. The molecule has 6 heteroatoms. The maximum Gasteiger partial charge on any atom is 0.260 e. The van der Waals surface area contributed by atoms with E-state index in [0.29, 0.717) is 38.3 Å². The lowest BCUT2D eigenvalue weighted by Crippen LogP contribution is -2.42. The smallest absolute Gasteiger partial charge is 0.260 e. The van der Waals surface area contributed by atoms with Crippen molar-refractivity contribution < 1.29 is 14.3 Å². The second kappa shape index (κ2) is 9.01. The van der Waals surface area contributed by atoms with Crippen LogP contribution in [0.25, 0.3) is 0 Å². The minimum Gasteiger partial charge on any atom is -0.484 e. The predicted octanol–water partition coefficient (Wildman–Crippen LogP) is 2.94. The predicted molar refractivity (Wildman–Crippen MR) is 112 cm³/mol. The molecule has 1 atom stereocenters. The summed E-state index contributed by atoms with van der Waals surface area (Å²) in [6.07, 6.45) is 2.19. The van der Waals surface area contributed by atoms with Crippen molar-refractivity contribution in [2.24, 2.45) is 5.92 Å². The van der Waals surface area contributed by atoms with Crippen molar-refractivity contribution in [2.75, 3.05) is 39.5 Å². The molecule has 0 aliphatic carbocycles. The first-order chi connectivity index (χ1) is 14.1. The molecule has 0 unspecified atom stereocenters. The Bertz CT molecular complexity index is 809. The molecule has 1 fully saturated rings. The number of aromatic nitrogens is 1. The number of hydrogen-bond donors (Lipinski definition) is 0. The van der Waals surface area contributed by atoms with Crippen LogP contribution in [-0.4, -0.2) is 59.7 Å². The monoisotopic (exact) mass is 397 g/mol. The summed E-state index contributed by atoms with van der Waals surface area (Å²) in [5.41, 5.74) is 2.68. The van der Waals surface area contributed by atoms with Gasteiger partial charge in [0.2, 0.25) is 0 Å². The number of carbonyl (C=O) groups is 1. The van der Waals surface area contributed by atoms with Gasteiger partial charge < -0.3 is 18.9 Å². The second-order valence-electron chi connectivity index (χ2n) is 8.21. The number of morpholine rings is 1. The summed E-state index contributed by atoms with van der Waals surface area (Å²) in [5.74, 6) is 1.31. The van der Waals surface area contributed by atoms with Gasteiger partial charge in [0.15, 0.2) is 6.61 Å². The van der Waals surface area contributed by atoms with E-state index in [1.54, 1.807) is 4.90 Å². The maximum absolute atomic E-state index is 12.2. The Morgan fingerprint density at radius 3 is 2.59 bits per heavy atom. The van der Waals surface area contributed by atoms with Crippen LogP contribution < -0.4 is 4.74 Å². The Balaban J connectivity index is 1.34. The van der Waals surface area contributed by atoms with E-state index in [-0.39, 0.29) is 12.5 Å². The van der Waals surface area contributed by atoms with Crippen LogP contribution in [0, 0.1) is 5.92 Å². The van der Waals surface area contributed by atoms with Gasteiger partial charge in [-0.3, -0.25) is 9.69 Å². The van der Waals surface area contributed by atoms with Gasteiger partial charge in [-0.2, -0.15) is 0 Å². The molecule has 0 radical (unpaired) electrons. The number of amides is 1. The van der Waals surface area contributed by atoms with Gasteiger partial charge in [0.25, 0.3) is 5.91 Å². The summed E-state index contributed by atoms with van der Waals surface area (Å²) < 4.78 is 13.4. The molecule has 0 N–H and O–H groups in total. The van der Waals surface area contributed by atoms with E-state index < -0.39 is 0 Å². The highest BCUT2D eigenvalue weighted by molar-refractivity contribution is 5.77. The maximum atomic E-state index is 12.2. The summed E-state index contributed by atoms with van der Waals surface area (Å²) in [6.45, 7) is 10.2. The summed E-state index contributed by atoms with van der Waals surface area (Å²) in [6, 6.07) is 13.0. The normalized spacial score (nSPS) is 20.0. The Morgan fingerprint density at radius 1 is 1.10 bits per heavy atom. The molecular formula is C23H31N3O3. The van der Waals surface area contributed by atoms with Crippen LogP contribution in [0.3, 0.4) is 0 Å². The molecule has 2 aliphatic heterocycles. The van der Waals surface area contributed by atoms with Gasteiger partial charge in [-0.05, 0) is 35.7 Å². The zero-order chi connectivity index (χ0) is 20.2. The van der Waals surface area contributed by atoms with E-state index in [9.17, 15) is 4.79 Å². The highest BCUT2D eigenvalue weighted by Crippen LogP contribution is 2.33. The average Bonchev–Trinajstić information content (AvgIpc) is 3.22. The lowest BCUT2D eigenvalue weighted by atomic mass is 9.96. The van der Waals surface area contributed by atoms with E-state index in [0.717, 1.165) is 25.4 Å². The van der Waals surface area contributed by atoms with Crippen molar-refractivity contribution in [3.05, 3.63) is 53.9 Å². The summed E-state index contributed by atoms with van der Waals surface area (Å²) in [7, 11) is 0. The lowest BCUT2D eigenvalue weighted by Gasteiger charge is -2.39.